The molecule has 0 bridgehead atoms. The van der Waals surface area contributed by atoms with Gasteiger partial charge in [-0.15, -0.1) is 0 Å². The van der Waals surface area contributed by atoms with E-state index >= 15 is 0 Å². The quantitative estimate of drug-likeness (QED) is 0.910. The van der Waals surface area contributed by atoms with E-state index in [0.717, 1.165) is 37.1 Å². The smallest absolute Gasteiger partial charge is 0.231 e. The maximum absolute atomic E-state index is 5.44. The predicted octanol–water partition coefficient (Wildman–Crippen LogP) is 2.22. The van der Waals surface area contributed by atoms with Crippen LogP contribution >= 0.6 is 11.8 Å². The summed E-state index contributed by atoms with van der Waals surface area (Å²) < 4.78 is 5.44. The first-order valence-electron chi connectivity index (χ1n) is 7.03. The lowest BCUT2D eigenvalue weighted by Gasteiger charge is -2.19. The predicted molar refractivity (Wildman–Crippen MR) is 72.9 cm³/mol. The topological polar surface area (TPSA) is 51.0 Å². The van der Waals surface area contributed by atoms with Crippen molar-refractivity contribution < 1.29 is 4.52 Å². The molecule has 1 atom stereocenters. The van der Waals surface area contributed by atoms with Crippen LogP contribution in [0, 0.1) is 5.92 Å². The molecule has 1 unspecified atom stereocenters. The van der Waals surface area contributed by atoms with Gasteiger partial charge in [-0.25, -0.2) is 0 Å². The summed E-state index contributed by atoms with van der Waals surface area (Å²) in [5, 5.41) is 7.56. The maximum Gasteiger partial charge on any atom is 0.231 e. The lowest BCUT2D eigenvalue weighted by Crippen LogP contribution is -2.28. The number of aromatic nitrogens is 2. The molecule has 5 heteroatoms. The Hall–Kier alpha value is -0.550. The monoisotopic (exact) mass is 267 g/mol. The molecule has 100 valence electrons. The Kier molecular flexibility index (Phi) is 4.20. The average molecular weight is 267 g/mol. The van der Waals surface area contributed by atoms with Crippen molar-refractivity contribution in [3.8, 4) is 0 Å². The van der Waals surface area contributed by atoms with Crippen LogP contribution < -0.4 is 5.32 Å². The van der Waals surface area contributed by atoms with Crippen molar-refractivity contribution in [2.24, 2.45) is 5.92 Å². The van der Waals surface area contributed by atoms with Crippen molar-refractivity contribution >= 4 is 11.8 Å². The van der Waals surface area contributed by atoms with E-state index in [1.807, 2.05) is 0 Å². The molecular weight excluding hydrogens is 246 g/mol. The highest BCUT2D eigenvalue weighted by Gasteiger charge is 2.23. The molecule has 2 aliphatic rings. The third kappa shape index (κ3) is 3.06. The Labute approximate surface area is 112 Å². The number of nitrogens with one attached hydrogen (secondary N) is 1. The zero-order valence-electron chi connectivity index (χ0n) is 10.7. The molecule has 2 aliphatic heterocycles. The van der Waals surface area contributed by atoms with E-state index < -0.39 is 0 Å². The summed E-state index contributed by atoms with van der Waals surface area (Å²) in [7, 11) is 0. The van der Waals surface area contributed by atoms with Gasteiger partial charge in [0.15, 0.2) is 5.82 Å². The number of hydrogen-bond acceptors (Lipinski definition) is 5. The second-order valence-electron chi connectivity index (χ2n) is 5.35. The highest BCUT2D eigenvalue weighted by atomic mass is 32.2. The third-order valence-corrected chi connectivity index (χ3v) is 4.99. The summed E-state index contributed by atoms with van der Waals surface area (Å²) in [6.07, 6.45) is 6.00. The van der Waals surface area contributed by atoms with Gasteiger partial charge in [-0.2, -0.15) is 16.7 Å². The summed E-state index contributed by atoms with van der Waals surface area (Å²) in [6, 6.07) is 0. The molecule has 0 radical (unpaired) electrons. The third-order valence-electron chi connectivity index (χ3n) is 3.94. The zero-order chi connectivity index (χ0) is 12.2. The Morgan fingerprint density at radius 1 is 1.28 bits per heavy atom. The van der Waals surface area contributed by atoms with Gasteiger partial charge >= 0.3 is 0 Å². The van der Waals surface area contributed by atoms with Crippen LogP contribution in [0.1, 0.15) is 43.3 Å². The molecule has 1 aromatic rings. The standard InChI is InChI=1S/C13H21N3OS/c1-2-11(9-14-5-1)13-15-12(16-17-13)8-10-3-6-18-7-4-10/h10-11,14H,1-9H2. The van der Waals surface area contributed by atoms with Crippen molar-refractivity contribution in [2.75, 3.05) is 24.6 Å². The molecular formula is C13H21N3OS. The minimum Gasteiger partial charge on any atom is -0.339 e. The van der Waals surface area contributed by atoms with E-state index in [2.05, 4.69) is 27.2 Å². The zero-order valence-corrected chi connectivity index (χ0v) is 11.5. The van der Waals surface area contributed by atoms with Crippen LogP contribution in [0.2, 0.25) is 0 Å². The van der Waals surface area contributed by atoms with Gasteiger partial charge in [-0.05, 0) is 49.7 Å². The van der Waals surface area contributed by atoms with E-state index in [4.69, 9.17) is 4.52 Å². The summed E-state index contributed by atoms with van der Waals surface area (Å²) in [5.41, 5.74) is 0. The largest absolute Gasteiger partial charge is 0.339 e. The van der Waals surface area contributed by atoms with Gasteiger partial charge in [0.05, 0.1) is 5.92 Å². The highest BCUT2D eigenvalue weighted by molar-refractivity contribution is 7.99. The second-order valence-corrected chi connectivity index (χ2v) is 6.58. The Morgan fingerprint density at radius 2 is 2.17 bits per heavy atom. The lowest BCUT2D eigenvalue weighted by atomic mass is 9.98. The van der Waals surface area contributed by atoms with E-state index in [0.29, 0.717) is 5.92 Å². The fourth-order valence-electron chi connectivity index (χ4n) is 2.79. The molecule has 0 saturated carbocycles. The van der Waals surface area contributed by atoms with Crippen molar-refractivity contribution in [1.29, 1.82) is 0 Å². The van der Waals surface area contributed by atoms with Crippen molar-refractivity contribution in [1.82, 2.24) is 15.5 Å². The van der Waals surface area contributed by atoms with Crippen LogP contribution in [-0.2, 0) is 6.42 Å². The number of nitrogens with zero attached hydrogens (tertiary/aromatic N) is 2. The van der Waals surface area contributed by atoms with Crippen molar-refractivity contribution in [2.45, 2.75) is 38.0 Å². The SMILES string of the molecule is C1CNCC(c2nc(CC3CCSCC3)no2)C1. The molecule has 1 N–H and O–H groups in total. The van der Waals surface area contributed by atoms with Gasteiger partial charge < -0.3 is 9.84 Å². The summed E-state index contributed by atoms with van der Waals surface area (Å²) in [6.45, 7) is 2.11. The first kappa shape index (κ1) is 12.5. The first-order chi connectivity index (χ1) is 8.92. The molecule has 2 fully saturated rings. The van der Waals surface area contributed by atoms with Crippen molar-refractivity contribution in [3.05, 3.63) is 11.7 Å². The molecule has 1 aromatic heterocycles. The minimum atomic E-state index is 0.432. The van der Waals surface area contributed by atoms with Crippen LogP contribution in [-0.4, -0.2) is 34.7 Å². The molecule has 0 spiro atoms. The highest BCUT2D eigenvalue weighted by Crippen LogP contribution is 2.26. The average Bonchev–Trinajstić information content (AvgIpc) is 2.89. The van der Waals surface area contributed by atoms with Crippen LogP contribution in [0.5, 0.6) is 0 Å². The van der Waals surface area contributed by atoms with Gasteiger partial charge in [0.25, 0.3) is 0 Å². The van der Waals surface area contributed by atoms with Gasteiger partial charge in [-0.1, -0.05) is 5.16 Å². The fourth-order valence-corrected chi connectivity index (χ4v) is 3.99. The van der Waals surface area contributed by atoms with Crippen LogP contribution in [0.15, 0.2) is 4.52 Å². The van der Waals surface area contributed by atoms with Gasteiger partial charge in [-0.3, -0.25) is 0 Å². The molecule has 18 heavy (non-hydrogen) atoms. The summed E-state index contributed by atoms with van der Waals surface area (Å²) >= 11 is 2.06. The van der Waals surface area contributed by atoms with E-state index in [1.54, 1.807) is 0 Å². The molecule has 0 aromatic carbocycles. The molecule has 4 nitrogen and oxygen atoms in total. The maximum atomic E-state index is 5.44. The summed E-state index contributed by atoms with van der Waals surface area (Å²) in [5.74, 6) is 5.56. The molecule has 3 heterocycles. The minimum absolute atomic E-state index is 0.432. The number of piperidine rings is 1. The van der Waals surface area contributed by atoms with Crippen LogP contribution in [0.25, 0.3) is 0 Å². The first-order valence-corrected chi connectivity index (χ1v) is 8.18. The van der Waals surface area contributed by atoms with Crippen LogP contribution in [0.4, 0.5) is 0 Å². The van der Waals surface area contributed by atoms with E-state index in [1.165, 1.54) is 37.2 Å². The number of thioether (sulfide) groups is 1. The Bertz CT molecular complexity index is 370. The Morgan fingerprint density at radius 3 is 2.94 bits per heavy atom. The summed E-state index contributed by atoms with van der Waals surface area (Å²) in [4.78, 5) is 4.60. The number of rotatable bonds is 3. The molecule has 3 rings (SSSR count). The van der Waals surface area contributed by atoms with Crippen LogP contribution in [0.3, 0.4) is 0 Å². The van der Waals surface area contributed by atoms with Gasteiger partial charge in [0, 0.05) is 13.0 Å². The van der Waals surface area contributed by atoms with E-state index in [-0.39, 0.29) is 0 Å². The molecule has 2 saturated heterocycles. The van der Waals surface area contributed by atoms with E-state index in [9.17, 15) is 0 Å². The molecule has 0 aliphatic carbocycles. The fraction of sp³-hybridized carbons (Fsp3) is 0.846. The molecule has 0 amide bonds. The second kappa shape index (κ2) is 6.06. The van der Waals surface area contributed by atoms with Crippen molar-refractivity contribution in [3.63, 3.8) is 0 Å². The Balaban J connectivity index is 1.58. The normalized spacial score (nSPS) is 26.3. The van der Waals surface area contributed by atoms with Gasteiger partial charge in [0.1, 0.15) is 0 Å². The number of hydrogen-bond donors (Lipinski definition) is 1. The van der Waals surface area contributed by atoms with Gasteiger partial charge in [0.2, 0.25) is 5.89 Å². The lowest BCUT2D eigenvalue weighted by molar-refractivity contribution is 0.318.